The van der Waals surface area contributed by atoms with E-state index in [0.29, 0.717) is 16.7 Å². The summed E-state index contributed by atoms with van der Waals surface area (Å²) in [7, 11) is 0.334. The van der Waals surface area contributed by atoms with Gasteiger partial charge in [-0.25, -0.2) is 17.8 Å². The fraction of sp³-hybridized carbons (Fsp3) is 0.391. The molecule has 0 aliphatic heterocycles. The number of sulfone groups is 1. The highest BCUT2D eigenvalue weighted by Crippen LogP contribution is 2.36. The Morgan fingerprint density at radius 1 is 1.09 bits per heavy atom. The van der Waals surface area contributed by atoms with Gasteiger partial charge < -0.3 is 4.90 Å². The van der Waals surface area contributed by atoms with Crippen molar-refractivity contribution in [1.29, 1.82) is 0 Å². The number of anilines is 1. The lowest BCUT2D eigenvalue weighted by Gasteiger charge is -2.21. The van der Waals surface area contributed by atoms with Gasteiger partial charge in [0.25, 0.3) is 0 Å². The van der Waals surface area contributed by atoms with Crippen LogP contribution in [0.3, 0.4) is 0 Å². The average molecular weight is 512 g/mol. The van der Waals surface area contributed by atoms with Crippen molar-refractivity contribution in [2.75, 3.05) is 37.8 Å². The van der Waals surface area contributed by atoms with E-state index in [1.54, 1.807) is 4.90 Å². The molecule has 1 heterocycles. The predicted molar refractivity (Wildman–Crippen MR) is 133 cm³/mol. The summed E-state index contributed by atoms with van der Waals surface area (Å²) in [5.41, 5.74) is 1.75. The summed E-state index contributed by atoms with van der Waals surface area (Å²) in [6, 6.07) is 8.43. The van der Waals surface area contributed by atoms with E-state index in [-0.39, 0.29) is 29.4 Å². The molecule has 3 aromatic rings. The molecule has 0 atom stereocenters. The number of thiazole rings is 1. The molecule has 10 heteroatoms. The van der Waals surface area contributed by atoms with Crippen LogP contribution in [0, 0.1) is 12.7 Å². The van der Waals surface area contributed by atoms with E-state index < -0.39 is 15.7 Å². The molecule has 178 valence electrons. The molecule has 0 aliphatic rings. The molecular formula is C23H27ClFN3O3S2. The summed E-state index contributed by atoms with van der Waals surface area (Å²) in [6.45, 7) is 3.21. The van der Waals surface area contributed by atoms with Crippen molar-refractivity contribution in [2.24, 2.45) is 0 Å². The number of halogens is 2. The molecule has 2 aromatic carbocycles. The van der Waals surface area contributed by atoms with Gasteiger partial charge in [-0.3, -0.25) is 9.69 Å². The third kappa shape index (κ3) is 6.50. The highest BCUT2D eigenvalue weighted by atomic mass is 35.5. The molecule has 0 spiro atoms. The molecule has 0 N–H and O–H groups in total. The number of amides is 1. The number of nitrogens with zero attached hydrogens (tertiary/aromatic N) is 3. The minimum absolute atomic E-state index is 0.0514. The number of hydrogen-bond donors (Lipinski definition) is 0. The molecule has 3 rings (SSSR count). The molecule has 1 aromatic heterocycles. The van der Waals surface area contributed by atoms with Crippen molar-refractivity contribution < 1.29 is 17.6 Å². The Morgan fingerprint density at radius 3 is 2.42 bits per heavy atom. The number of benzene rings is 2. The van der Waals surface area contributed by atoms with Crippen LogP contribution in [-0.2, 0) is 14.6 Å². The Kier molecular flexibility index (Phi) is 8.44. The zero-order valence-corrected chi connectivity index (χ0v) is 21.2. The highest BCUT2D eigenvalue weighted by Gasteiger charge is 2.22. The van der Waals surface area contributed by atoms with Gasteiger partial charge in [-0.05, 0) is 76.3 Å². The smallest absolute Gasteiger partial charge is 0.228 e. The topological polar surface area (TPSA) is 70.6 Å². The van der Waals surface area contributed by atoms with Gasteiger partial charge in [-0.1, -0.05) is 29.0 Å². The van der Waals surface area contributed by atoms with E-state index in [1.165, 1.54) is 23.5 Å². The minimum Gasteiger partial charge on any atom is -0.309 e. The maximum absolute atomic E-state index is 13.1. The van der Waals surface area contributed by atoms with Crippen LogP contribution >= 0.6 is 22.9 Å². The summed E-state index contributed by atoms with van der Waals surface area (Å²) < 4.78 is 39.0. The summed E-state index contributed by atoms with van der Waals surface area (Å²) >= 11 is 7.71. The lowest BCUT2D eigenvalue weighted by atomic mass is 10.2. The minimum atomic E-state index is -3.60. The van der Waals surface area contributed by atoms with Crippen molar-refractivity contribution >= 4 is 54.0 Å². The van der Waals surface area contributed by atoms with Crippen LogP contribution in [0.1, 0.15) is 24.8 Å². The van der Waals surface area contributed by atoms with Gasteiger partial charge in [0.05, 0.1) is 25.9 Å². The van der Waals surface area contributed by atoms with Gasteiger partial charge in [-0.15, -0.1) is 0 Å². The predicted octanol–water partition coefficient (Wildman–Crippen LogP) is 4.94. The molecule has 0 fully saturated rings. The summed E-state index contributed by atoms with van der Waals surface area (Å²) in [6.07, 6.45) is 0.966. The van der Waals surface area contributed by atoms with Gasteiger partial charge in [0.2, 0.25) is 5.91 Å². The molecule has 0 radical (unpaired) electrons. The Labute approximate surface area is 202 Å². The average Bonchev–Trinajstić information content (AvgIpc) is 3.20. The Hall–Kier alpha value is -2.07. The van der Waals surface area contributed by atoms with Gasteiger partial charge in [0, 0.05) is 13.0 Å². The largest absolute Gasteiger partial charge is 0.309 e. The van der Waals surface area contributed by atoms with Crippen LogP contribution in [0.4, 0.5) is 9.52 Å². The maximum atomic E-state index is 13.1. The fourth-order valence-corrected chi connectivity index (χ4v) is 6.06. The first-order chi connectivity index (χ1) is 15.6. The Morgan fingerprint density at radius 2 is 1.79 bits per heavy atom. The van der Waals surface area contributed by atoms with Gasteiger partial charge >= 0.3 is 0 Å². The van der Waals surface area contributed by atoms with Crippen LogP contribution in [-0.4, -0.2) is 57.1 Å². The van der Waals surface area contributed by atoms with Crippen LogP contribution in [0.25, 0.3) is 10.2 Å². The van der Waals surface area contributed by atoms with Crippen molar-refractivity contribution in [3.8, 4) is 0 Å². The number of aryl methyl sites for hydroxylation is 1. The fourth-order valence-electron chi connectivity index (χ4n) is 3.39. The van der Waals surface area contributed by atoms with Crippen LogP contribution in [0.5, 0.6) is 0 Å². The highest BCUT2D eigenvalue weighted by molar-refractivity contribution is 7.91. The van der Waals surface area contributed by atoms with Crippen molar-refractivity contribution in [3.63, 3.8) is 0 Å². The number of fused-ring (bicyclic) bond motifs is 1. The monoisotopic (exact) mass is 511 g/mol. The second-order valence-corrected chi connectivity index (χ2v) is 11.6. The van der Waals surface area contributed by atoms with Crippen LogP contribution < -0.4 is 4.90 Å². The number of rotatable bonds is 10. The van der Waals surface area contributed by atoms with E-state index in [2.05, 4.69) is 4.98 Å². The summed E-state index contributed by atoms with van der Waals surface area (Å²) in [5.74, 6) is -0.875. The third-order valence-corrected chi connectivity index (χ3v) is 8.54. The second-order valence-electron chi connectivity index (χ2n) is 8.12. The summed E-state index contributed by atoms with van der Waals surface area (Å²) in [5, 5.41) is 1.15. The van der Waals surface area contributed by atoms with Gasteiger partial charge in [0.1, 0.15) is 5.82 Å². The van der Waals surface area contributed by atoms with Crippen molar-refractivity contribution in [3.05, 3.63) is 52.8 Å². The maximum Gasteiger partial charge on any atom is 0.228 e. The van der Waals surface area contributed by atoms with E-state index in [0.717, 1.165) is 40.9 Å². The molecule has 1 amide bonds. The second kappa shape index (κ2) is 10.9. The van der Waals surface area contributed by atoms with Crippen molar-refractivity contribution in [1.82, 2.24) is 9.88 Å². The zero-order valence-electron chi connectivity index (χ0n) is 18.8. The third-order valence-electron chi connectivity index (χ3n) is 5.18. The normalized spacial score (nSPS) is 11.9. The number of aromatic nitrogens is 1. The van der Waals surface area contributed by atoms with E-state index >= 15 is 0 Å². The Balaban J connectivity index is 1.75. The molecular weight excluding hydrogens is 485 g/mol. The van der Waals surface area contributed by atoms with Gasteiger partial charge in [0.15, 0.2) is 15.0 Å². The van der Waals surface area contributed by atoms with Gasteiger partial charge in [-0.2, -0.15) is 0 Å². The standard InChI is InChI=1S/C23H27ClFN3O3S2/c1-16-7-12-19(24)22-21(16)26-23(32-22)28(14-5-13-27(2)3)20(29)6-4-15-33(30,31)18-10-8-17(25)9-11-18/h7-12H,4-6,13-15H2,1-3H3. The first-order valence-corrected chi connectivity index (χ1v) is 13.4. The molecule has 0 saturated carbocycles. The van der Waals surface area contributed by atoms with Crippen LogP contribution in [0.2, 0.25) is 5.02 Å². The zero-order chi connectivity index (χ0) is 24.2. The first-order valence-electron chi connectivity index (χ1n) is 10.6. The number of hydrogen-bond acceptors (Lipinski definition) is 6. The van der Waals surface area contributed by atoms with Crippen molar-refractivity contribution in [2.45, 2.75) is 31.1 Å². The number of carbonyl (C=O) groups excluding carboxylic acids is 1. The lowest BCUT2D eigenvalue weighted by molar-refractivity contribution is -0.118. The van der Waals surface area contributed by atoms with E-state index in [1.807, 2.05) is 38.1 Å². The molecule has 0 aliphatic carbocycles. The Bertz CT molecular complexity index is 1190. The van der Waals surface area contributed by atoms with E-state index in [9.17, 15) is 17.6 Å². The lowest BCUT2D eigenvalue weighted by Crippen LogP contribution is -2.33. The first kappa shape index (κ1) is 25.6. The molecule has 0 saturated heterocycles. The van der Waals surface area contributed by atoms with E-state index in [4.69, 9.17) is 11.6 Å². The number of carbonyl (C=O) groups is 1. The molecule has 33 heavy (non-hydrogen) atoms. The molecule has 0 unspecified atom stereocenters. The molecule has 6 nitrogen and oxygen atoms in total. The quantitative estimate of drug-likeness (QED) is 0.361. The summed E-state index contributed by atoms with van der Waals surface area (Å²) in [4.78, 5) is 21.5. The molecule has 0 bridgehead atoms. The SMILES string of the molecule is Cc1ccc(Cl)c2sc(N(CCCN(C)C)C(=O)CCCS(=O)(=O)c3ccc(F)cc3)nc12. The van der Waals surface area contributed by atoms with Crippen LogP contribution in [0.15, 0.2) is 41.3 Å².